The van der Waals surface area contributed by atoms with Crippen LogP contribution < -0.4 is 16.8 Å². The standard InChI is InChI=1S/C8H13N3O4.ClH/c1-15-7(13)3-2-6(12)11-4-5(9)8(10)14;/h2-3,5H,4,9H2,1H3,(H2,10,14)(H,11,12);1H/b3-2+;/t5-;/m0./s1. The van der Waals surface area contributed by atoms with Crippen LogP contribution >= 0.6 is 12.4 Å². The number of rotatable bonds is 5. The zero-order valence-electron chi connectivity index (χ0n) is 8.64. The van der Waals surface area contributed by atoms with Crippen molar-refractivity contribution < 1.29 is 19.1 Å². The van der Waals surface area contributed by atoms with Crippen LogP contribution in [-0.4, -0.2) is 37.5 Å². The van der Waals surface area contributed by atoms with Gasteiger partial charge in [-0.2, -0.15) is 0 Å². The lowest BCUT2D eigenvalue weighted by Gasteiger charge is -2.06. The van der Waals surface area contributed by atoms with Gasteiger partial charge < -0.3 is 21.5 Å². The Morgan fingerprint density at radius 1 is 1.38 bits per heavy atom. The molecule has 16 heavy (non-hydrogen) atoms. The Labute approximate surface area is 98.6 Å². The third kappa shape index (κ3) is 7.77. The number of methoxy groups -OCH3 is 1. The van der Waals surface area contributed by atoms with E-state index in [1.165, 1.54) is 7.11 Å². The van der Waals surface area contributed by atoms with Crippen molar-refractivity contribution >= 4 is 30.2 Å². The van der Waals surface area contributed by atoms with E-state index in [4.69, 9.17) is 11.5 Å². The molecule has 0 aromatic carbocycles. The van der Waals surface area contributed by atoms with Crippen molar-refractivity contribution in [1.82, 2.24) is 5.32 Å². The molecular formula is C8H14ClN3O4. The maximum atomic E-state index is 11.0. The number of hydrogen-bond acceptors (Lipinski definition) is 5. The average molecular weight is 252 g/mol. The molecule has 0 saturated carbocycles. The van der Waals surface area contributed by atoms with Crippen LogP contribution in [0.5, 0.6) is 0 Å². The Morgan fingerprint density at radius 3 is 2.38 bits per heavy atom. The maximum absolute atomic E-state index is 11.0. The summed E-state index contributed by atoms with van der Waals surface area (Å²) in [5.74, 6) is -1.92. The number of carbonyl (C=O) groups is 3. The quantitative estimate of drug-likeness (QED) is 0.388. The first kappa shape index (κ1) is 16.8. The Morgan fingerprint density at radius 2 is 1.94 bits per heavy atom. The van der Waals surface area contributed by atoms with Gasteiger partial charge >= 0.3 is 5.97 Å². The van der Waals surface area contributed by atoms with Crippen LogP contribution in [0.2, 0.25) is 0 Å². The van der Waals surface area contributed by atoms with Gasteiger partial charge in [-0.15, -0.1) is 12.4 Å². The molecule has 0 bridgehead atoms. The second kappa shape index (κ2) is 8.69. The summed E-state index contributed by atoms with van der Waals surface area (Å²) in [6.45, 7) is -0.0837. The molecule has 0 aliphatic heterocycles. The molecular weight excluding hydrogens is 238 g/mol. The van der Waals surface area contributed by atoms with E-state index in [-0.39, 0.29) is 19.0 Å². The van der Waals surface area contributed by atoms with E-state index in [0.717, 1.165) is 12.2 Å². The van der Waals surface area contributed by atoms with Gasteiger partial charge in [-0.05, 0) is 0 Å². The zero-order valence-corrected chi connectivity index (χ0v) is 9.45. The molecule has 0 saturated heterocycles. The predicted octanol–water partition coefficient (Wildman–Crippen LogP) is -1.93. The lowest BCUT2D eigenvalue weighted by Crippen LogP contribution is -2.45. The van der Waals surface area contributed by atoms with Crippen molar-refractivity contribution in [3.63, 3.8) is 0 Å². The average Bonchev–Trinajstić information content (AvgIpc) is 2.21. The third-order valence-corrected chi connectivity index (χ3v) is 1.43. The van der Waals surface area contributed by atoms with Crippen LogP contribution in [-0.2, 0) is 19.1 Å². The van der Waals surface area contributed by atoms with Crippen LogP contribution in [0.1, 0.15) is 0 Å². The molecule has 0 aliphatic carbocycles. The van der Waals surface area contributed by atoms with Crippen molar-refractivity contribution in [2.45, 2.75) is 6.04 Å². The molecule has 5 N–H and O–H groups in total. The number of carbonyl (C=O) groups excluding carboxylic acids is 3. The fourth-order valence-corrected chi connectivity index (χ4v) is 0.582. The lowest BCUT2D eigenvalue weighted by molar-refractivity contribution is -0.135. The number of esters is 1. The van der Waals surface area contributed by atoms with Gasteiger partial charge in [0.25, 0.3) is 0 Å². The predicted molar refractivity (Wildman–Crippen MR) is 58.6 cm³/mol. The molecule has 0 heterocycles. The van der Waals surface area contributed by atoms with Crippen LogP contribution in [0.4, 0.5) is 0 Å². The summed E-state index contributed by atoms with van der Waals surface area (Å²) < 4.78 is 4.26. The summed E-state index contributed by atoms with van der Waals surface area (Å²) in [7, 11) is 1.19. The number of hydrogen-bond donors (Lipinski definition) is 3. The molecule has 0 unspecified atom stereocenters. The molecule has 2 amide bonds. The topological polar surface area (TPSA) is 125 Å². The van der Waals surface area contributed by atoms with Gasteiger partial charge in [-0.3, -0.25) is 9.59 Å². The number of nitrogens with one attached hydrogen (secondary N) is 1. The largest absolute Gasteiger partial charge is 0.466 e. The highest BCUT2D eigenvalue weighted by Crippen LogP contribution is 1.79. The van der Waals surface area contributed by atoms with Gasteiger partial charge in [-0.25, -0.2) is 4.79 Å². The Kier molecular flexibility index (Phi) is 9.13. The highest BCUT2D eigenvalue weighted by Gasteiger charge is 2.09. The number of halogens is 1. The van der Waals surface area contributed by atoms with E-state index >= 15 is 0 Å². The Hall–Kier alpha value is -1.60. The van der Waals surface area contributed by atoms with Crippen molar-refractivity contribution in [2.75, 3.05) is 13.7 Å². The molecule has 8 heteroatoms. The molecule has 0 spiro atoms. The summed E-state index contributed by atoms with van der Waals surface area (Å²) >= 11 is 0. The zero-order chi connectivity index (χ0) is 11.8. The smallest absolute Gasteiger partial charge is 0.330 e. The van der Waals surface area contributed by atoms with Crippen LogP contribution in [0.15, 0.2) is 12.2 Å². The van der Waals surface area contributed by atoms with E-state index in [0.29, 0.717) is 0 Å². The second-order valence-electron chi connectivity index (χ2n) is 2.61. The molecule has 0 aromatic rings. The van der Waals surface area contributed by atoms with E-state index in [1.807, 2.05) is 0 Å². The third-order valence-electron chi connectivity index (χ3n) is 1.43. The molecule has 0 aromatic heterocycles. The Bertz CT molecular complexity index is 293. The molecule has 7 nitrogen and oxygen atoms in total. The molecule has 1 atom stereocenters. The first-order valence-corrected chi connectivity index (χ1v) is 4.06. The second-order valence-corrected chi connectivity index (χ2v) is 2.61. The summed E-state index contributed by atoms with van der Waals surface area (Å²) in [6, 6.07) is -0.944. The minimum Gasteiger partial charge on any atom is -0.466 e. The summed E-state index contributed by atoms with van der Waals surface area (Å²) in [6.07, 6.45) is 1.92. The highest BCUT2D eigenvalue weighted by molar-refractivity contribution is 5.94. The molecule has 0 radical (unpaired) electrons. The van der Waals surface area contributed by atoms with Crippen LogP contribution in [0.3, 0.4) is 0 Å². The van der Waals surface area contributed by atoms with Gasteiger partial charge in [0, 0.05) is 18.7 Å². The Balaban J connectivity index is 0. The first-order chi connectivity index (χ1) is 6.97. The molecule has 0 aliphatic rings. The highest BCUT2D eigenvalue weighted by atomic mass is 35.5. The fraction of sp³-hybridized carbons (Fsp3) is 0.375. The van der Waals surface area contributed by atoms with Gasteiger partial charge in [0.1, 0.15) is 6.04 Å². The van der Waals surface area contributed by atoms with Crippen LogP contribution in [0.25, 0.3) is 0 Å². The lowest BCUT2D eigenvalue weighted by atomic mass is 10.3. The van der Waals surface area contributed by atoms with Crippen molar-refractivity contribution in [3.05, 3.63) is 12.2 Å². The van der Waals surface area contributed by atoms with Gasteiger partial charge in [-0.1, -0.05) is 0 Å². The SMILES string of the molecule is COC(=O)/C=C/C(=O)NC[C@H](N)C(N)=O.Cl. The molecule has 0 fully saturated rings. The van der Waals surface area contributed by atoms with Crippen LogP contribution in [0, 0.1) is 0 Å². The minimum absolute atomic E-state index is 0. The summed E-state index contributed by atoms with van der Waals surface area (Å²) in [5.41, 5.74) is 10.1. The minimum atomic E-state index is -0.944. The van der Waals surface area contributed by atoms with Gasteiger partial charge in [0.15, 0.2) is 0 Å². The van der Waals surface area contributed by atoms with Crippen molar-refractivity contribution in [1.29, 1.82) is 0 Å². The number of amides is 2. The van der Waals surface area contributed by atoms with E-state index in [2.05, 4.69) is 10.1 Å². The number of primary amides is 1. The summed E-state index contributed by atoms with van der Waals surface area (Å²) in [5, 5.41) is 2.28. The number of ether oxygens (including phenoxy) is 1. The normalized spacial score (nSPS) is 11.4. The van der Waals surface area contributed by atoms with Gasteiger partial charge in [0.2, 0.25) is 11.8 Å². The number of nitrogens with two attached hydrogens (primary N) is 2. The van der Waals surface area contributed by atoms with Gasteiger partial charge in [0.05, 0.1) is 7.11 Å². The van der Waals surface area contributed by atoms with E-state index < -0.39 is 23.8 Å². The monoisotopic (exact) mass is 251 g/mol. The van der Waals surface area contributed by atoms with E-state index in [9.17, 15) is 14.4 Å². The first-order valence-electron chi connectivity index (χ1n) is 4.06. The van der Waals surface area contributed by atoms with E-state index in [1.54, 1.807) is 0 Å². The molecule has 0 rings (SSSR count). The summed E-state index contributed by atoms with van der Waals surface area (Å²) in [4.78, 5) is 32.0. The maximum Gasteiger partial charge on any atom is 0.330 e. The van der Waals surface area contributed by atoms with Crippen molar-refractivity contribution in [3.8, 4) is 0 Å². The van der Waals surface area contributed by atoms with Crippen molar-refractivity contribution in [2.24, 2.45) is 11.5 Å². The molecule has 92 valence electrons. The fourth-order valence-electron chi connectivity index (χ4n) is 0.582.